The molecule has 0 aliphatic heterocycles. The zero-order valence-electron chi connectivity index (χ0n) is 9.92. The molecule has 0 unspecified atom stereocenters. The summed E-state index contributed by atoms with van der Waals surface area (Å²) in [4.78, 5) is 25.5. The van der Waals surface area contributed by atoms with Crippen molar-refractivity contribution in [2.45, 2.75) is 6.92 Å². The summed E-state index contributed by atoms with van der Waals surface area (Å²) < 4.78 is 0. The first-order valence-corrected chi connectivity index (χ1v) is 5.52. The smallest absolute Gasteiger partial charge is 0.414 e. The van der Waals surface area contributed by atoms with Crippen LogP contribution < -0.4 is 0 Å². The number of aromatic amines is 1. The molecule has 0 saturated carbocycles. The average Bonchev–Trinajstić information content (AvgIpc) is 2.77. The van der Waals surface area contributed by atoms with Gasteiger partial charge in [-0.15, -0.1) is 0 Å². The van der Waals surface area contributed by atoms with Crippen molar-refractivity contribution in [2.75, 3.05) is 0 Å². The molecule has 19 heavy (non-hydrogen) atoms. The molecule has 0 bridgehead atoms. The molecule has 0 fully saturated rings. The summed E-state index contributed by atoms with van der Waals surface area (Å²) in [7, 11) is 0. The maximum atomic E-state index is 9.10. The van der Waals surface area contributed by atoms with E-state index in [1.807, 2.05) is 31.2 Å². The minimum atomic E-state index is -1.82. The lowest BCUT2D eigenvalue weighted by Gasteiger charge is -1.98. The summed E-state index contributed by atoms with van der Waals surface area (Å²) in [6.07, 6.45) is 1.79. The third-order valence-electron chi connectivity index (χ3n) is 2.01. The van der Waals surface area contributed by atoms with Crippen LogP contribution in [0.1, 0.15) is 5.69 Å². The van der Waals surface area contributed by atoms with Gasteiger partial charge in [0.2, 0.25) is 0 Å². The second kappa shape index (κ2) is 6.55. The number of carboxylic acid groups (broad SMARTS) is 2. The van der Waals surface area contributed by atoms with Crippen molar-refractivity contribution in [1.82, 2.24) is 9.97 Å². The van der Waals surface area contributed by atoms with Crippen molar-refractivity contribution in [3.8, 4) is 11.4 Å². The van der Waals surface area contributed by atoms with E-state index >= 15 is 0 Å². The van der Waals surface area contributed by atoms with Crippen LogP contribution in [0.5, 0.6) is 0 Å². The number of H-pyrrole nitrogens is 1. The number of aromatic nitrogens is 2. The molecule has 1 aromatic carbocycles. The molecule has 0 atom stereocenters. The average molecular weight is 283 g/mol. The molecule has 1 aromatic heterocycles. The van der Waals surface area contributed by atoms with Gasteiger partial charge in [-0.2, -0.15) is 0 Å². The monoisotopic (exact) mass is 282 g/mol. The standard InChI is InChI=1S/C10H9ClN2.C2H2O4/c1-7-6-12-10(13-7)8-4-2-3-5-9(8)11;3-1(4)2(5)6/h2-6H,1H3,(H,12,13);(H,3,4)(H,5,6). The first kappa shape index (κ1) is 14.7. The second-order valence-corrected chi connectivity index (χ2v) is 3.91. The fourth-order valence-electron chi connectivity index (χ4n) is 1.20. The van der Waals surface area contributed by atoms with Crippen LogP contribution >= 0.6 is 11.6 Å². The fraction of sp³-hybridized carbons (Fsp3) is 0.0833. The van der Waals surface area contributed by atoms with Gasteiger partial charge in [0.25, 0.3) is 0 Å². The number of nitrogens with one attached hydrogen (secondary N) is 1. The maximum absolute atomic E-state index is 9.10. The Bertz CT molecular complexity index is 583. The lowest BCUT2D eigenvalue weighted by Crippen LogP contribution is -2.09. The van der Waals surface area contributed by atoms with E-state index in [9.17, 15) is 0 Å². The predicted octanol–water partition coefficient (Wildman–Crippen LogP) is 2.19. The number of hydrogen-bond acceptors (Lipinski definition) is 3. The first-order valence-electron chi connectivity index (χ1n) is 5.14. The van der Waals surface area contributed by atoms with Gasteiger partial charge in [0.05, 0.1) is 5.02 Å². The number of carboxylic acids is 2. The van der Waals surface area contributed by atoms with Gasteiger partial charge in [0.1, 0.15) is 5.82 Å². The number of hydrogen-bond donors (Lipinski definition) is 3. The van der Waals surface area contributed by atoms with Gasteiger partial charge < -0.3 is 15.2 Å². The molecule has 0 saturated heterocycles. The van der Waals surface area contributed by atoms with E-state index < -0.39 is 11.9 Å². The molecule has 7 heteroatoms. The van der Waals surface area contributed by atoms with Crippen molar-refractivity contribution >= 4 is 23.5 Å². The van der Waals surface area contributed by atoms with E-state index in [0.29, 0.717) is 0 Å². The van der Waals surface area contributed by atoms with Crippen molar-refractivity contribution in [1.29, 1.82) is 0 Å². The zero-order chi connectivity index (χ0) is 14.4. The van der Waals surface area contributed by atoms with E-state index in [1.165, 1.54) is 0 Å². The van der Waals surface area contributed by atoms with Gasteiger partial charge in [-0.25, -0.2) is 14.6 Å². The van der Waals surface area contributed by atoms with Crippen LogP contribution in [-0.4, -0.2) is 32.1 Å². The Kier molecular flexibility index (Phi) is 5.08. The molecular formula is C12H11ClN2O4. The number of rotatable bonds is 1. The minimum absolute atomic E-state index is 0.719. The fourth-order valence-corrected chi connectivity index (χ4v) is 1.43. The van der Waals surface area contributed by atoms with Crippen molar-refractivity contribution < 1.29 is 19.8 Å². The van der Waals surface area contributed by atoms with Crippen molar-refractivity contribution in [2.24, 2.45) is 0 Å². The molecule has 0 amide bonds. The van der Waals surface area contributed by atoms with Gasteiger partial charge in [-0.05, 0) is 19.1 Å². The molecule has 2 aromatic rings. The molecule has 0 aliphatic carbocycles. The molecule has 3 N–H and O–H groups in total. The number of aryl methyl sites for hydroxylation is 1. The topological polar surface area (TPSA) is 103 Å². The highest BCUT2D eigenvalue weighted by Crippen LogP contribution is 2.24. The molecular weight excluding hydrogens is 272 g/mol. The number of imidazole rings is 1. The second-order valence-electron chi connectivity index (χ2n) is 3.50. The molecule has 0 aliphatic rings. The van der Waals surface area contributed by atoms with Gasteiger partial charge >= 0.3 is 11.9 Å². The van der Waals surface area contributed by atoms with E-state index in [0.717, 1.165) is 22.1 Å². The third kappa shape index (κ3) is 4.44. The van der Waals surface area contributed by atoms with E-state index in [1.54, 1.807) is 6.20 Å². The molecule has 0 radical (unpaired) electrons. The van der Waals surface area contributed by atoms with E-state index in [-0.39, 0.29) is 0 Å². The Balaban J connectivity index is 0.000000258. The molecule has 1 heterocycles. The predicted molar refractivity (Wildman–Crippen MR) is 69.0 cm³/mol. The summed E-state index contributed by atoms with van der Waals surface area (Å²) in [5.74, 6) is -2.83. The SMILES string of the molecule is Cc1cnc(-c2ccccc2Cl)[nH]1.O=C(O)C(=O)O. The largest absolute Gasteiger partial charge is 0.473 e. The summed E-state index contributed by atoms with van der Waals surface area (Å²) in [5, 5.41) is 15.5. The Labute approximate surface area is 113 Å². The first-order chi connectivity index (χ1) is 8.91. The van der Waals surface area contributed by atoms with E-state index in [4.69, 9.17) is 31.4 Å². The normalized spacial score (nSPS) is 9.37. The maximum Gasteiger partial charge on any atom is 0.414 e. The molecule has 2 rings (SSSR count). The third-order valence-corrected chi connectivity index (χ3v) is 2.34. The summed E-state index contributed by atoms with van der Waals surface area (Å²) in [6.45, 7) is 1.97. The Morgan fingerprint density at radius 1 is 1.21 bits per heavy atom. The summed E-state index contributed by atoms with van der Waals surface area (Å²) in [6, 6.07) is 7.65. The number of benzene rings is 1. The van der Waals surface area contributed by atoms with Crippen LogP contribution in [-0.2, 0) is 9.59 Å². The highest BCUT2D eigenvalue weighted by Gasteiger charge is 2.04. The zero-order valence-corrected chi connectivity index (χ0v) is 10.7. The van der Waals surface area contributed by atoms with Gasteiger partial charge in [-0.1, -0.05) is 23.7 Å². The molecule has 100 valence electrons. The van der Waals surface area contributed by atoms with Crippen molar-refractivity contribution in [3.05, 3.63) is 41.2 Å². The number of carbonyl (C=O) groups is 2. The number of nitrogens with zero attached hydrogens (tertiary/aromatic N) is 1. The van der Waals surface area contributed by atoms with Crippen LogP contribution in [0.4, 0.5) is 0 Å². The van der Waals surface area contributed by atoms with Gasteiger partial charge in [0.15, 0.2) is 0 Å². The Morgan fingerprint density at radius 2 is 1.79 bits per heavy atom. The summed E-state index contributed by atoms with van der Waals surface area (Å²) >= 11 is 6.01. The highest BCUT2D eigenvalue weighted by atomic mass is 35.5. The lowest BCUT2D eigenvalue weighted by atomic mass is 10.2. The van der Waals surface area contributed by atoms with Gasteiger partial charge in [0, 0.05) is 17.5 Å². The number of aliphatic carboxylic acids is 2. The number of halogens is 1. The molecule has 6 nitrogen and oxygen atoms in total. The summed E-state index contributed by atoms with van der Waals surface area (Å²) in [5.41, 5.74) is 1.98. The van der Waals surface area contributed by atoms with Crippen LogP contribution in [0.25, 0.3) is 11.4 Å². The van der Waals surface area contributed by atoms with Crippen LogP contribution in [0, 0.1) is 6.92 Å². The lowest BCUT2D eigenvalue weighted by molar-refractivity contribution is -0.159. The highest BCUT2D eigenvalue weighted by molar-refractivity contribution is 6.33. The Morgan fingerprint density at radius 3 is 2.21 bits per heavy atom. The minimum Gasteiger partial charge on any atom is -0.473 e. The Hall–Kier alpha value is -2.34. The van der Waals surface area contributed by atoms with Crippen LogP contribution in [0.3, 0.4) is 0 Å². The van der Waals surface area contributed by atoms with Crippen LogP contribution in [0.2, 0.25) is 5.02 Å². The van der Waals surface area contributed by atoms with Gasteiger partial charge in [-0.3, -0.25) is 0 Å². The van der Waals surface area contributed by atoms with E-state index in [2.05, 4.69) is 9.97 Å². The molecule has 0 spiro atoms. The quantitative estimate of drug-likeness (QED) is 0.696. The van der Waals surface area contributed by atoms with Crippen molar-refractivity contribution in [3.63, 3.8) is 0 Å². The van der Waals surface area contributed by atoms with Crippen LogP contribution in [0.15, 0.2) is 30.5 Å².